The summed E-state index contributed by atoms with van der Waals surface area (Å²) in [4.78, 5) is 23.3. The van der Waals surface area contributed by atoms with E-state index in [1.807, 2.05) is 0 Å². The second kappa shape index (κ2) is 5.39. The highest BCUT2D eigenvalue weighted by atomic mass is 16.4. The van der Waals surface area contributed by atoms with Gasteiger partial charge in [-0.3, -0.25) is 0 Å². The summed E-state index contributed by atoms with van der Waals surface area (Å²) < 4.78 is 3.10. The molecule has 1 atom stereocenters. The Balaban J connectivity index is 1.88. The maximum atomic E-state index is 11.1. The number of carboxylic acids is 1. The van der Waals surface area contributed by atoms with Gasteiger partial charge in [-0.25, -0.2) is 24.4 Å². The van der Waals surface area contributed by atoms with Crippen molar-refractivity contribution in [1.82, 2.24) is 34.5 Å². The molecule has 0 spiro atoms. The van der Waals surface area contributed by atoms with E-state index in [1.165, 1.54) is 11.0 Å². The molecule has 0 fully saturated rings. The summed E-state index contributed by atoms with van der Waals surface area (Å²) in [5, 5.41) is 17.0. The number of fused-ring (bicyclic) bond motifs is 1. The summed E-state index contributed by atoms with van der Waals surface area (Å²) in [6.07, 6.45) is 4.99. The van der Waals surface area contributed by atoms with Crippen molar-refractivity contribution in [2.24, 2.45) is 0 Å². The zero-order valence-corrected chi connectivity index (χ0v) is 11.8. The predicted octanol–water partition coefficient (Wildman–Crippen LogP) is 0.0840. The number of carbonyl (C=O) groups is 1. The summed E-state index contributed by atoms with van der Waals surface area (Å²) in [6, 6.07) is -0.723. The van der Waals surface area contributed by atoms with E-state index in [4.69, 9.17) is 10.8 Å². The molecule has 10 heteroatoms. The normalized spacial score (nSPS) is 12.6. The Kier molecular flexibility index (Phi) is 3.41. The van der Waals surface area contributed by atoms with Crippen molar-refractivity contribution in [3.05, 3.63) is 24.5 Å². The van der Waals surface area contributed by atoms with Crippen LogP contribution in [0.15, 0.2) is 18.9 Å². The summed E-state index contributed by atoms with van der Waals surface area (Å²) in [6.45, 7) is 2.15. The molecule has 3 aromatic rings. The minimum atomic E-state index is -0.937. The van der Waals surface area contributed by atoms with Crippen molar-refractivity contribution in [1.29, 1.82) is 0 Å². The molecule has 0 aromatic carbocycles. The summed E-state index contributed by atoms with van der Waals surface area (Å²) >= 11 is 0. The number of hydrogen-bond donors (Lipinski definition) is 2. The van der Waals surface area contributed by atoms with Gasteiger partial charge in [0.2, 0.25) is 0 Å². The van der Waals surface area contributed by atoms with E-state index in [1.54, 1.807) is 24.0 Å². The van der Waals surface area contributed by atoms with Crippen LogP contribution in [0.2, 0.25) is 0 Å². The van der Waals surface area contributed by atoms with Crippen molar-refractivity contribution < 1.29 is 9.90 Å². The zero-order valence-electron chi connectivity index (χ0n) is 11.8. The molecule has 0 aliphatic heterocycles. The van der Waals surface area contributed by atoms with Crippen molar-refractivity contribution in [2.45, 2.75) is 25.9 Å². The van der Waals surface area contributed by atoms with E-state index in [2.05, 4.69) is 25.3 Å². The van der Waals surface area contributed by atoms with Crippen LogP contribution >= 0.6 is 0 Å². The number of anilines is 1. The summed E-state index contributed by atoms with van der Waals surface area (Å²) in [5.41, 5.74) is 7.45. The molecule has 3 heterocycles. The van der Waals surface area contributed by atoms with Gasteiger partial charge in [-0.2, -0.15) is 0 Å². The molecule has 0 aliphatic rings. The minimum Gasteiger partial charge on any atom is -0.480 e. The maximum Gasteiger partial charge on any atom is 0.328 e. The zero-order chi connectivity index (χ0) is 15.7. The Morgan fingerprint density at radius 3 is 2.95 bits per heavy atom. The van der Waals surface area contributed by atoms with Crippen LogP contribution in [0.25, 0.3) is 11.2 Å². The van der Waals surface area contributed by atoms with E-state index < -0.39 is 12.0 Å². The lowest BCUT2D eigenvalue weighted by Crippen LogP contribution is -2.18. The number of imidazole rings is 1. The van der Waals surface area contributed by atoms with Gasteiger partial charge in [-0.1, -0.05) is 12.1 Å². The first-order valence-corrected chi connectivity index (χ1v) is 6.65. The molecule has 0 saturated heterocycles. The van der Waals surface area contributed by atoms with Crippen molar-refractivity contribution >= 4 is 23.0 Å². The first-order chi connectivity index (χ1) is 10.6. The highest BCUT2D eigenvalue weighted by Crippen LogP contribution is 2.16. The fourth-order valence-electron chi connectivity index (χ4n) is 2.20. The number of aromatic nitrogens is 7. The van der Waals surface area contributed by atoms with Gasteiger partial charge in [-0.15, -0.1) is 5.10 Å². The van der Waals surface area contributed by atoms with E-state index in [-0.39, 0.29) is 0 Å². The third-order valence-electron chi connectivity index (χ3n) is 3.31. The van der Waals surface area contributed by atoms with Crippen LogP contribution in [0.5, 0.6) is 0 Å². The van der Waals surface area contributed by atoms with Crippen LogP contribution in [-0.2, 0) is 11.3 Å². The molecule has 1 unspecified atom stereocenters. The fourth-order valence-corrected chi connectivity index (χ4v) is 2.20. The Hall–Kier alpha value is -3.04. The van der Waals surface area contributed by atoms with Crippen LogP contribution in [0.4, 0.5) is 5.82 Å². The molecule has 0 aliphatic carbocycles. The first kappa shape index (κ1) is 13.9. The Morgan fingerprint density at radius 2 is 2.23 bits per heavy atom. The van der Waals surface area contributed by atoms with Crippen LogP contribution in [0.1, 0.15) is 25.1 Å². The molecule has 0 bridgehead atoms. The van der Waals surface area contributed by atoms with Crippen LogP contribution in [0.3, 0.4) is 0 Å². The molecule has 3 aromatic heterocycles. The van der Waals surface area contributed by atoms with Crippen LogP contribution in [0, 0.1) is 0 Å². The second-order valence-electron chi connectivity index (χ2n) is 4.76. The van der Waals surface area contributed by atoms with Crippen LogP contribution < -0.4 is 5.73 Å². The first-order valence-electron chi connectivity index (χ1n) is 6.65. The maximum absolute atomic E-state index is 11.1. The molecule has 22 heavy (non-hydrogen) atoms. The van der Waals surface area contributed by atoms with Gasteiger partial charge < -0.3 is 15.4 Å². The molecular formula is C12H14N8O2. The third kappa shape index (κ3) is 2.34. The fraction of sp³-hybridized carbons (Fsp3) is 0.333. The number of nitrogens with zero attached hydrogens (tertiary/aromatic N) is 7. The second-order valence-corrected chi connectivity index (χ2v) is 4.76. The van der Waals surface area contributed by atoms with Crippen molar-refractivity contribution in [2.75, 3.05) is 5.73 Å². The number of hydrogen-bond acceptors (Lipinski definition) is 7. The Labute approximate surface area is 124 Å². The standard InChI is InChI=1S/C12H14N8O2/c1-2-8(12(21)22)20-4-7(17-18-20)3-19-6-16-9-10(13)14-5-15-11(9)19/h4-6,8H,2-3H2,1H3,(H,21,22)(H2,13,14,15). The highest BCUT2D eigenvalue weighted by molar-refractivity contribution is 5.81. The molecule has 10 nitrogen and oxygen atoms in total. The van der Waals surface area contributed by atoms with Gasteiger partial charge in [0.25, 0.3) is 0 Å². The summed E-state index contributed by atoms with van der Waals surface area (Å²) in [5.74, 6) is -0.628. The molecule has 0 saturated carbocycles. The van der Waals surface area contributed by atoms with Crippen LogP contribution in [-0.4, -0.2) is 45.6 Å². The van der Waals surface area contributed by atoms with E-state index in [0.29, 0.717) is 35.6 Å². The van der Waals surface area contributed by atoms with E-state index in [0.717, 1.165) is 0 Å². The number of carboxylic acid groups (broad SMARTS) is 1. The van der Waals surface area contributed by atoms with Crippen molar-refractivity contribution in [3.8, 4) is 0 Å². The number of aliphatic carboxylic acids is 1. The van der Waals surface area contributed by atoms with Gasteiger partial charge in [0.05, 0.1) is 19.1 Å². The SMILES string of the molecule is CCC(C(=O)O)n1cc(Cn2cnc3c(N)ncnc32)nn1. The van der Waals surface area contributed by atoms with Gasteiger partial charge in [0.1, 0.15) is 17.5 Å². The van der Waals surface area contributed by atoms with Gasteiger partial charge in [0, 0.05) is 0 Å². The highest BCUT2D eigenvalue weighted by Gasteiger charge is 2.19. The summed E-state index contributed by atoms with van der Waals surface area (Å²) in [7, 11) is 0. The Bertz CT molecular complexity index is 824. The van der Waals surface area contributed by atoms with Gasteiger partial charge >= 0.3 is 5.97 Å². The largest absolute Gasteiger partial charge is 0.480 e. The molecule has 0 radical (unpaired) electrons. The van der Waals surface area contributed by atoms with Gasteiger partial charge in [0.15, 0.2) is 17.5 Å². The molecule has 114 valence electrons. The molecule has 3 rings (SSSR count). The number of rotatable bonds is 5. The third-order valence-corrected chi connectivity index (χ3v) is 3.31. The lowest BCUT2D eigenvalue weighted by atomic mass is 10.2. The number of nitrogen functional groups attached to an aromatic ring is 1. The molecule has 0 amide bonds. The average molecular weight is 302 g/mol. The molecular weight excluding hydrogens is 288 g/mol. The number of nitrogens with two attached hydrogens (primary N) is 1. The topological polar surface area (TPSA) is 138 Å². The Morgan fingerprint density at radius 1 is 1.41 bits per heavy atom. The van der Waals surface area contributed by atoms with Crippen molar-refractivity contribution in [3.63, 3.8) is 0 Å². The predicted molar refractivity (Wildman–Crippen MR) is 75.8 cm³/mol. The monoisotopic (exact) mass is 302 g/mol. The average Bonchev–Trinajstić information content (AvgIpc) is 3.09. The van der Waals surface area contributed by atoms with E-state index >= 15 is 0 Å². The lowest BCUT2D eigenvalue weighted by molar-refractivity contribution is -0.141. The quantitative estimate of drug-likeness (QED) is 0.676. The van der Waals surface area contributed by atoms with Gasteiger partial charge in [-0.05, 0) is 6.42 Å². The molecule has 3 N–H and O–H groups in total. The van der Waals surface area contributed by atoms with E-state index in [9.17, 15) is 4.79 Å². The smallest absolute Gasteiger partial charge is 0.328 e. The lowest BCUT2D eigenvalue weighted by Gasteiger charge is -2.08. The minimum absolute atomic E-state index is 0.310.